The van der Waals surface area contributed by atoms with Crippen molar-refractivity contribution < 1.29 is 50.7 Å². The summed E-state index contributed by atoms with van der Waals surface area (Å²) in [5.41, 5.74) is 1.67. The van der Waals surface area contributed by atoms with Gasteiger partial charge in [-0.3, -0.25) is 9.52 Å². The summed E-state index contributed by atoms with van der Waals surface area (Å²) >= 11 is 12.7. The topological polar surface area (TPSA) is 131 Å². The van der Waals surface area contributed by atoms with Gasteiger partial charge in [0, 0.05) is 17.7 Å². The number of hydrogen-bond donors (Lipinski definition) is 1. The van der Waals surface area contributed by atoms with Gasteiger partial charge in [-0.05, 0) is 54.2 Å². The number of carbonyl (C=O) groups excluding carboxylic acids is 2. The lowest BCUT2D eigenvalue weighted by atomic mass is 10.0. The van der Waals surface area contributed by atoms with Gasteiger partial charge in [0.15, 0.2) is 30.5 Å². The number of aromatic nitrogens is 1. The Balaban J connectivity index is 1.46. The molecule has 0 saturated heterocycles. The molecule has 2 N–H and O–H groups in total. The average Bonchev–Trinajstić information content (AvgIpc) is 3.77. The Kier molecular flexibility index (Phi) is 11.2. The highest BCUT2D eigenvalue weighted by atomic mass is 35.5. The van der Waals surface area contributed by atoms with Crippen LogP contribution in [0, 0.1) is 5.92 Å². The van der Waals surface area contributed by atoms with Crippen LogP contribution in [0.1, 0.15) is 35.6 Å². The number of anilines is 1. The molecule has 1 fully saturated rings. The zero-order valence-electron chi connectivity index (χ0n) is 23.4. The highest BCUT2D eigenvalue weighted by molar-refractivity contribution is 7.92. The molecular formula is C29H29Cl2F2N2O8S+. The van der Waals surface area contributed by atoms with Gasteiger partial charge in [0.05, 0.1) is 19.3 Å². The minimum absolute atomic E-state index is 0.00296. The van der Waals surface area contributed by atoms with Crippen LogP contribution in [-0.2, 0) is 41.9 Å². The fraction of sp³-hybridized carbons (Fsp3) is 0.345. The van der Waals surface area contributed by atoms with Crippen molar-refractivity contribution in [1.82, 2.24) is 0 Å². The van der Waals surface area contributed by atoms with E-state index >= 15 is 0 Å². The first-order valence-electron chi connectivity index (χ1n) is 13.3. The number of hydrogen-bond acceptors (Lipinski definition) is 8. The number of carbonyl (C=O) groups is 2. The number of H-pyrrole nitrogens is 1. The van der Waals surface area contributed by atoms with Crippen LogP contribution >= 0.6 is 23.2 Å². The molecule has 3 aromatic rings. The minimum Gasteiger partial charge on any atom is -0.489 e. The highest BCUT2D eigenvalue weighted by Crippen LogP contribution is 2.37. The van der Waals surface area contributed by atoms with Gasteiger partial charge in [0.2, 0.25) is 10.0 Å². The van der Waals surface area contributed by atoms with Crippen LogP contribution in [0.5, 0.6) is 11.5 Å². The summed E-state index contributed by atoms with van der Waals surface area (Å²) < 4.78 is 72.3. The van der Waals surface area contributed by atoms with E-state index in [0.29, 0.717) is 34.9 Å². The molecule has 1 aromatic heterocycles. The molecule has 0 spiro atoms. The van der Waals surface area contributed by atoms with Gasteiger partial charge in [-0.15, -0.1) is 0 Å². The van der Waals surface area contributed by atoms with E-state index in [1.807, 2.05) is 0 Å². The van der Waals surface area contributed by atoms with Crippen molar-refractivity contribution in [2.75, 3.05) is 24.2 Å². The van der Waals surface area contributed by atoms with E-state index in [1.54, 1.807) is 0 Å². The van der Waals surface area contributed by atoms with Gasteiger partial charge in [0.1, 0.15) is 16.1 Å². The fourth-order valence-electron chi connectivity index (χ4n) is 4.06. The smallest absolute Gasteiger partial charge is 0.387 e. The molecule has 2 aromatic carbocycles. The number of ether oxygens (including phenoxy) is 4. The summed E-state index contributed by atoms with van der Waals surface area (Å²) in [5, 5.41) is 0.538. The second kappa shape index (κ2) is 14.9. The molecule has 1 aliphatic rings. The van der Waals surface area contributed by atoms with Crippen LogP contribution in [0.25, 0.3) is 0 Å². The predicted molar refractivity (Wildman–Crippen MR) is 156 cm³/mol. The number of nitrogens with one attached hydrogen (secondary N) is 2. The van der Waals surface area contributed by atoms with E-state index in [1.165, 1.54) is 54.9 Å². The van der Waals surface area contributed by atoms with Crippen molar-refractivity contribution in [3.8, 4) is 11.5 Å². The Labute approximate surface area is 262 Å². The third-order valence-electron chi connectivity index (χ3n) is 6.34. The summed E-state index contributed by atoms with van der Waals surface area (Å²) in [5.74, 6) is -1.41. The fourth-order valence-corrected chi connectivity index (χ4v) is 5.16. The molecule has 1 atom stereocenters. The maximum absolute atomic E-state index is 13.0. The van der Waals surface area contributed by atoms with Gasteiger partial charge >= 0.3 is 18.6 Å². The standard InChI is InChI=1S/C29H28Cl2F2N2O8S/c1-44(38,39)35-20-7-4-17(5-8-20)10-27(36)41-16-28(37)42-25(12-21-22(30)13-34-14-23(21)31)19-6-9-24(43-29(32)33)26(11-19)40-15-18-2-3-18/h4-9,11,13-14,18,25,29,35H,2-3,10,12,15-16H2,1H3/p+1/t25-/m0/s1. The highest BCUT2D eigenvalue weighted by Gasteiger charge is 2.26. The molecule has 0 aliphatic heterocycles. The Hall–Kier alpha value is -3.68. The summed E-state index contributed by atoms with van der Waals surface area (Å²) in [6, 6.07) is 10.2. The van der Waals surface area contributed by atoms with Crippen molar-refractivity contribution in [3.05, 3.63) is 81.6 Å². The number of halogens is 4. The van der Waals surface area contributed by atoms with E-state index in [-0.39, 0.29) is 34.4 Å². The number of esters is 2. The molecule has 0 unspecified atom stereocenters. The van der Waals surface area contributed by atoms with E-state index in [9.17, 15) is 26.8 Å². The Morgan fingerprint density at radius 2 is 1.70 bits per heavy atom. The van der Waals surface area contributed by atoms with Crippen molar-refractivity contribution in [2.45, 2.75) is 38.4 Å². The summed E-state index contributed by atoms with van der Waals surface area (Å²) in [4.78, 5) is 28.0. The molecule has 0 bridgehead atoms. The third-order valence-corrected chi connectivity index (χ3v) is 7.62. The van der Waals surface area contributed by atoms with Gasteiger partial charge in [-0.2, -0.15) is 8.78 Å². The van der Waals surface area contributed by atoms with E-state index in [2.05, 4.69) is 14.4 Å². The zero-order valence-corrected chi connectivity index (χ0v) is 25.7. The number of sulfonamides is 1. The van der Waals surface area contributed by atoms with Crippen LogP contribution < -0.4 is 19.2 Å². The molecule has 0 amide bonds. The van der Waals surface area contributed by atoms with Gasteiger partial charge in [-0.25, -0.2) is 18.2 Å². The van der Waals surface area contributed by atoms with Crippen LogP contribution in [-0.4, -0.2) is 46.4 Å². The second-order valence-electron chi connectivity index (χ2n) is 10.1. The molecule has 44 heavy (non-hydrogen) atoms. The Morgan fingerprint density at radius 3 is 2.32 bits per heavy atom. The minimum atomic E-state index is -3.45. The maximum Gasteiger partial charge on any atom is 0.387 e. The molecule has 1 heterocycles. The average molecular weight is 675 g/mol. The van der Waals surface area contributed by atoms with E-state index in [0.717, 1.165) is 19.1 Å². The number of rotatable bonds is 15. The SMILES string of the molecule is CS(=O)(=O)Nc1ccc(CC(=O)OCC(=O)O[C@@H](Cc2c(Cl)c[nH+]cc2Cl)c2ccc(OC(F)F)c(OCC3CC3)c2)cc1. The lowest BCUT2D eigenvalue weighted by Gasteiger charge is -2.21. The van der Waals surface area contributed by atoms with Crippen LogP contribution in [0.2, 0.25) is 10.0 Å². The molecule has 15 heteroatoms. The molecule has 0 radical (unpaired) electrons. The van der Waals surface area contributed by atoms with E-state index < -0.39 is 41.3 Å². The number of benzene rings is 2. The van der Waals surface area contributed by atoms with Crippen molar-refractivity contribution in [2.24, 2.45) is 5.92 Å². The number of alkyl halides is 2. The molecule has 1 aliphatic carbocycles. The molecule has 236 valence electrons. The normalized spacial score (nSPS) is 13.7. The van der Waals surface area contributed by atoms with Gasteiger partial charge < -0.3 is 18.9 Å². The summed E-state index contributed by atoms with van der Waals surface area (Å²) in [6.07, 6.45) is 4.73. The van der Waals surface area contributed by atoms with Crippen LogP contribution in [0.3, 0.4) is 0 Å². The number of aromatic amines is 1. The predicted octanol–water partition coefficient (Wildman–Crippen LogP) is 5.18. The second-order valence-corrected chi connectivity index (χ2v) is 12.6. The molecule has 1 saturated carbocycles. The Morgan fingerprint density at radius 1 is 1.02 bits per heavy atom. The maximum atomic E-state index is 13.0. The zero-order chi connectivity index (χ0) is 31.9. The van der Waals surface area contributed by atoms with E-state index in [4.69, 9.17) is 37.4 Å². The van der Waals surface area contributed by atoms with Gasteiger partial charge in [0.25, 0.3) is 0 Å². The van der Waals surface area contributed by atoms with Crippen molar-refractivity contribution >= 4 is 50.9 Å². The van der Waals surface area contributed by atoms with Crippen molar-refractivity contribution in [1.29, 1.82) is 0 Å². The van der Waals surface area contributed by atoms with Gasteiger partial charge in [-0.1, -0.05) is 41.4 Å². The first-order chi connectivity index (χ1) is 20.9. The van der Waals surface area contributed by atoms with Crippen molar-refractivity contribution in [3.63, 3.8) is 0 Å². The largest absolute Gasteiger partial charge is 0.489 e. The summed E-state index contributed by atoms with van der Waals surface area (Å²) in [6.45, 7) is -3.48. The summed E-state index contributed by atoms with van der Waals surface area (Å²) in [7, 11) is -3.45. The molecular weight excluding hydrogens is 645 g/mol. The molecule has 10 nitrogen and oxygen atoms in total. The Bertz CT molecular complexity index is 1570. The number of pyridine rings is 1. The first-order valence-corrected chi connectivity index (χ1v) is 16.0. The lowest BCUT2D eigenvalue weighted by molar-refractivity contribution is -0.377. The van der Waals surface area contributed by atoms with Crippen LogP contribution in [0.4, 0.5) is 14.5 Å². The lowest BCUT2D eigenvalue weighted by Crippen LogP contribution is -2.21. The third kappa shape index (κ3) is 10.5. The van der Waals surface area contributed by atoms with Crippen LogP contribution in [0.15, 0.2) is 54.9 Å². The monoisotopic (exact) mass is 673 g/mol. The molecule has 4 rings (SSSR count). The first kappa shape index (κ1) is 33.2. The quantitative estimate of drug-likeness (QED) is 0.218.